The van der Waals surface area contributed by atoms with E-state index in [0.717, 1.165) is 4.31 Å². The molecule has 0 aliphatic heterocycles. The third-order valence-corrected chi connectivity index (χ3v) is 4.00. The Morgan fingerprint density at radius 2 is 2.28 bits per heavy atom. The average molecular weight is 276 g/mol. The fourth-order valence-corrected chi connectivity index (χ4v) is 2.20. The number of anilines is 1. The number of hydrogen-bond donors (Lipinski definition) is 4. The normalized spacial score (nSPS) is 13.3. The minimum atomic E-state index is -3.73. The molecule has 0 saturated heterocycles. The molecule has 1 rings (SSSR count). The molecule has 0 fully saturated rings. The van der Waals surface area contributed by atoms with Gasteiger partial charge in [-0.05, 0) is 13.8 Å². The summed E-state index contributed by atoms with van der Waals surface area (Å²) in [6.07, 6.45) is 1.25. The molecule has 0 saturated carbocycles. The van der Waals surface area contributed by atoms with Crippen LogP contribution in [0.4, 0.5) is 5.82 Å². The van der Waals surface area contributed by atoms with Crippen molar-refractivity contribution in [3.8, 4) is 0 Å². The number of rotatable bonds is 5. The lowest BCUT2D eigenvalue weighted by Gasteiger charge is -2.21. The van der Waals surface area contributed by atoms with Gasteiger partial charge in [0.25, 0.3) is 0 Å². The summed E-state index contributed by atoms with van der Waals surface area (Å²) >= 11 is 0. The summed E-state index contributed by atoms with van der Waals surface area (Å²) in [6.45, 7) is 3.47. The lowest BCUT2D eigenvalue weighted by molar-refractivity contribution is 0.318. The summed E-state index contributed by atoms with van der Waals surface area (Å²) in [6, 6.07) is -0.210. The highest BCUT2D eigenvalue weighted by Crippen LogP contribution is 2.14. The van der Waals surface area contributed by atoms with Gasteiger partial charge in [-0.25, -0.2) is 0 Å². The summed E-state index contributed by atoms with van der Waals surface area (Å²) in [7, 11) is -2.29. The van der Waals surface area contributed by atoms with E-state index in [-0.39, 0.29) is 23.3 Å². The molecule has 0 radical (unpaired) electrons. The van der Waals surface area contributed by atoms with Crippen LogP contribution in [0.15, 0.2) is 11.4 Å². The van der Waals surface area contributed by atoms with Gasteiger partial charge in [0.15, 0.2) is 5.84 Å². The summed E-state index contributed by atoms with van der Waals surface area (Å²) in [5, 5.41) is 17.4. The van der Waals surface area contributed by atoms with Crippen molar-refractivity contribution in [1.82, 2.24) is 14.5 Å². The topological polar surface area (TPSA) is 137 Å². The maximum Gasteiger partial charge on any atom is 0.302 e. The Morgan fingerprint density at radius 1 is 1.67 bits per heavy atom. The third kappa shape index (κ3) is 2.90. The fourth-order valence-electron chi connectivity index (χ4n) is 1.09. The highest BCUT2D eigenvalue weighted by molar-refractivity contribution is 7.90. The van der Waals surface area contributed by atoms with Crippen molar-refractivity contribution in [2.45, 2.75) is 19.9 Å². The van der Waals surface area contributed by atoms with Crippen molar-refractivity contribution in [2.24, 2.45) is 10.9 Å². The second-order valence-corrected chi connectivity index (χ2v) is 5.59. The number of nitrogens with zero attached hydrogens (tertiary/aromatic N) is 3. The minimum absolute atomic E-state index is 0.0396. The standard InChI is InChI=1S/C8H16N6O3S/c1-5(2)14(3)18(16,17)13-8-6(4-10-11-8)7(9)12-15/h4-5,15H,1-3H3,(H2,9,12)(H2,10,11,13). The van der Waals surface area contributed by atoms with Crippen molar-refractivity contribution in [2.75, 3.05) is 11.8 Å². The molecular formula is C8H16N6O3S. The molecule has 0 atom stereocenters. The smallest absolute Gasteiger partial charge is 0.302 e. The van der Waals surface area contributed by atoms with E-state index in [9.17, 15) is 8.42 Å². The lowest BCUT2D eigenvalue weighted by Crippen LogP contribution is -2.37. The van der Waals surface area contributed by atoms with Gasteiger partial charge in [0, 0.05) is 13.1 Å². The quantitative estimate of drug-likeness (QED) is 0.249. The van der Waals surface area contributed by atoms with Crippen LogP contribution in [-0.2, 0) is 10.2 Å². The molecule has 0 amide bonds. The SMILES string of the molecule is CC(C)N(C)S(=O)(=O)Nc1[nH]ncc1C(N)=NO. The van der Waals surface area contributed by atoms with Crippen molar-refractivity contribution < 1.29 is 13.6 Å². The number of nitrogens with one attached hydrogen (secondary N) is 2. The number of hydrogen-bond acceptors (Lipinski definition) is 5. The summed E-state index contributed by atoms with van der Waals surface area (Å²) < 4.78 is 27.3. The van der Waals surface area contributed by atoms with Crippen LogP contribution in [0.1, 0.15) is 19.4 Å². The van der Waals surface area contributed by atoms with Gasteiger partial charge in [-0.3, -0.25) is 9.82 Å². The van der Waals surface area contributed by atoms with Crippen LogP contribution in [0.5, 0.6) is 0 Å². The van der Waals surface area contributed by atoms with Crippen LogP contribution in [0.25, 0.3) is 0 Å². The Balaban J connectivity index is 3.03. The summed E-state index contributed by atoms with van der Waals surface area (Å²) in [4.78, 5) is 0. The lowest BCUT2D eigenvalue weighted by atomic mass is 10.3. The Morgan fingerprint density at radius 3 is 2.78 bits per heavy atom. The monoisotopic (exact) mass is 276 g/mol. The Hall–Kier alpha value is -1.81. The van der Waals surface area contributed by atoms with Crippen LogP contribution < -0.4 is 10.5 Å². The number of aromatic amines is 1. The Bertz CT molecular complexity index is 535. The van der Waals surface area contributed by atoms with Crippen LogP contribution in [0, 0.1) is 0 Å². The zero-order valence-electron chi connectivity index (χ0n) is 10.2. The zero-order chi connectivity index (χ0) is 13.9. The number of aromatic nitrogens is 2. The largest absolute Gasteiger partial charge is 0.409 e. The first-order valence-corrected chi connectivity index (χ1v) is 6.50. The van der Waals surface area contributed by atoms with Gasteiger partial charge in [-0.15, -0.1) is 0 Å². The van der Waals surface area contributed by atoms with E-state index in [1.165, 1.54) is 13.2 Å². The molecule has 0 aromatic carbocycles. The summed E-state index contributed by atoms with van der Waals surface area (Å²) in [5.41, 5.74) is 5.55. The number of H-pyrrole nitrogens is 1. The van der Waals surface area contributed by atoms with Gasteiger partial charge in [-0.1, -0.05) is 5.16 Å². The number of oxime groups is 1. The van der Waals surface area contributed by atoms with Gasteiger partial charge < -0.3 is 10.9 Å². The average Bonchev–Trinajstić information content (AvgIpc) is 2.74. The van der Waals surface area contributed by atoms with E-state index in [2.05, 4.69) is 20.1 Å². The molecule has 0 spiro atoms. The molecule has 18 heavy (non-hydrogen) atoms. The van der Waals surface area contributed by atoms with Gasteiger partial charge in [0.1, 0.15) is 5.82 Å². The maximum absolute atomic E-state index is 11.9. The fraction of sp³-hybridized carbons (Fsp3) is 0.500. The van der Waals surface area contributed by atoms with E-state index < -0.39 is 10.2 Å². The molecule has 0 aliphatic carbocycles. The number of nitrogens with two attached hydrogens (primary N) is 1. The van der Waals surface area contributed by atoms with Crippen LogP contribution in [0.3, 0.4) is 0 Å². The summed E-state index contributed by atoms with van der Waals surface area (Å²) in [5.74, 6) is -0.202. The Kier molecular flexibility index (Phi) is 4.14. The second-order valence-electron chi connectivity index (χ2n) is 3.86. The highest BCUT2D eigenvalue weighted by atomic mass is 32.2. The van der Waals surface area contributed by atoms with Gasteiger partial charge >= 0.3 is 10.2 Å². The second kappa shape index (κ2) is 5.23. The predicted octanol–water partition coefficient (Wildman–Crippen LogP) is -0.499. The van der Waals surface area contributed by atoms with E-state index in [0.29, 0.717) is 0 Å². The molecule has 1 aromatic heterocycles. The van der Waals surface area contributed by atoms with E-state index in [1.807, 2.05) is 0 Å². The molecule has 5 N–H and O–H groups in total. The van der Waals surface area contributed by atoms with Crippen molar-refractivity contribution in [1.29, 1.82) is 0 Å². The minimum Gasteiger partial charge on any atom is -0.409 e. The van der Waals surface area contributed by atoms with Gasteiger partial charge in [0.2, 0.25) is 0 Å². The van der Waals surface area contributed by atoms with Gasteiger partial charge in [-0.2, -0.15) is 17.8 Å². The molecular weight excluding hydrogens is 260 g/mol. The molecule has 10 heteroatoms. The third-order valence-electron chi connectivity index (χ3n) is 2.36. The molecule has 0 aliphatic rings. The van der Waals surface area contributed by atoms with E-state index in [1.54, 1.807) is 13.8 Å². The molecule has 102 valence electrons. The molecule has 9 nitrogen and oxygen atoms in total. The highest BCUT2D eigenvalue weighted by Gasteiger charge is 2.23. The van der Waals surface area contributed by atoms with Crippen LogP contribution in [0.2, 0.25) is 0 Å². The van der Waals surface area contributed by atoms with Crippen LogP contribution >= 0.6 is 0 Å². The zero-order valence-corrected chi connectivity index (χ0v) is 11.1. The Labute approximate surface area is 105 Å². The molecule has 0 unspecified atom stereocenters. The van der Waals surface area contributed by atoms with Crippen molar-refractivity contribution >= 4 is 21.9 Å². The molecule has 1 heterocycles. The number of amidine groups is 1. The van der Waals surface area contributed by atoms with Gasteiger partial charge in [0.05, 0.1) is 11.8 Å². The first-order chi connectivity index (χ1) is 8.29. The van der Waals surface area contributed by atoms with E-state index >= 15 is 0 Å². The van der Waals surface area contributed by atoms with Crippen molar-refractivity contribution in [3.05, 3.63) is 11.8 Å². The molecule has 1 aromatic rings. The first-order valence-electron chi connectivity index (χ1n) is 5.06. The predicted molar refractivity (Wildman–Crippen MR) is 66.5 cm³/mol. The first kappa shape index (κ1) is 14.3. The molecule has 0 bridgehead atoms. The van der Waals surface area contributed by atoms with Crippen LogP contribution in [-0.4, -0.2) is 47.1 Å². The van der Waals surface area contributed by atoms with E-state index in [4.69, 9.17) is 10.9 Å². The van der Waals surface area contributed by atoms with Crippen molar-refractivity contribution in [3.63, 3.8) is 0 Å². The maximum atomic E-state index is 11.9.